The van der Waals surface area contributed by atoms with Gasteiger partial charge in [-0.1, -0.05) is 32.6 Å². The standard InChI is InChI=1S/C14H30N2S/c1-4-15-13-9-7-5-6-8-10-14(13)17-12-11-16(2)3/h13-15H,4-12H2,1-3H3. The normalized spacial score (nSPS) is 26.8. The highest BCUT2D eigenvalue weighted by Crippen LogP contribution is 2.27. The van der Waals surface area contributed by atoms with E-state index in [1.807, 2.05) is 0 Å². The van der Waals surface area contributed by atoms with Gasteiger partial charge in [-0.15, -0.1) is 0 Å². The monoisotopic (exact) mass is 258 g/mol. The van der Waals surface area contributed by atoms with E-state index in [0.29, 0.717) is 0 Å². The first kappa shape index (κ1) is 15.3. The summed E-state index contributed by atoms with van der Waals surface area (Å²) in [5.74, 6) is 1.28. The summed E-state index contributed by atoms with van der Waals surface area (Å²) in [6.07, 6.45) is 8.54. The molecule has 1 N–H and O–H groups in total. The minimum absolute atomic E-state index is 0.757. The van der Waals surface area contributed by atoms with Gasteiger partial charge in [0.2, 0.25) is 0 Å². The molecule has 2 nitrogen and oxygen atoms in total. The van der Waals surface area contributed by atoms with Gasteiger partial charge in [-0.25, -0.2) is 0 Å². The van der Waals surface area contributed by atoms with Gasteiger partial charge in [-0.05, 0) is 33.5 Å². The molecule has 1 rings (SSSR count). The van der Waals surface area contributed by atoms with E-state index in [4.69, 9.17) is 0 Å². The molecule has 0 aromatic rings. The van der Waals surface area contributed by atoms with Gasteiger partial charge in [0.05, 0.1) is 0 Å². The molecule has 1 aliphatic carbocycles. The van der Waals surface area contributed by atoms with Gasteiger partial charge >= 0.3 is 0 Å². The second-order valence-corrected chi connectivity index (χ2v) is 6.72. The van der Waals surface area contributed by atoms with Crippen LogP contribution in [0.5, 0.6) is 0 Å². The van der Waals surface area contributed by atoms with Crippen molar-refractivity contribution in [1.82, 2.24) is 10.2 Å². The lowest BCUT2D eigenvalue weighted by Gasteiger charge is -2.30. The van der Waals surface area contributed by atoms with Crippen LogP contribution in [-0.2, 0) is 0 Å². The van der Waals surface area contributed by atoms with Crippen molar-refractivity contribution < 1.29 is 0 Å². The van der Waals surface area contributed by atoms with Gasteiger partial charge < -0.3 is 10.2 Å². The molecule has 17 heavy (non-hydrogen) atoms. The Kier molecular flexibility index (Phi) is 8.33. The zero-order valence-electron chi connectivity index (χ0n) is 11.9. The van der Waals surface area contributed by atoms with Crippen LogP contribution in [0.4, 0.5) is 0 Å². The fourth-order valence-corrected chi connectivity index (χ4v) is 4.10. The van der Waals surface area contributed by atoms with Crippen molar-refractivity contribution >= 4 is 11.8 Å². The first-order valence-electron chi connectivity index (χ1n) is 7.23. The summed E-state index contributed by atoms with van der Waals surface area (Å²) in [4.78, 5) is 2.29. The smallest absolute Gasteiger partial charge is 0.0201 e. The lowest BCUT2D eigenvalue weighted by atomic mass is 9.96. The molecule has 0 radical (unpaired) electrons. The van der Waals surface area contributed by atoms with E-state index in [1.165, 1.54) is 50.8 Å². The van der Waals surface area contributed by atoms with E-state index in [-0.39, 0.29) is 0 Å². The molecule has 2 atom stereocenters. The minimum atomic E-state index is 0.757. The fourth-order valence-electron chi connectivity index (χ4n) is 2.53. The lowest BCUT2D eigenvalue weighted by Crippen LogP contribution is -2.39. The van der Waals surface area contributed by atoms with Crippen LogP contribution >= 0.6 is 11.8 Å². The van der Waals surface area contributed by atoms with Gasteiger partial charge in [0.1, 0.15) is 0 Å². The van der Waals surface area contributed by atoms with Crippen molar-refractivity contribution in [1.29, 1.82) is 0 Å². The van der Waals surface area contributed by atoms with Gasteiger partial charge in [-0.2, -0.15) is 11.8 Å². The van der Waals surface area contributed by atoms with Crippen molar-refractivity contribution in [2.75, 3.05) is 32.9 Å². The van der Waals surface area contributed by atoms with Gasteiger partial charge in [0, 0.05) is 23.6 Å². The third-order valence-electron chi connectivity index (χ3n) is 3.54. The zero-order chi connectivity index (χ0) is 12.5. The molecule has 1 aliphatic rings. The van der Waals surface area contributed by atoms with E-state index in [9.17, 15) is 0 Å². The third kappa shape index (κ3) is 6.68. The highest BCUT2D eigenvalue weighted by atomic mass is 32.2. The first-order chi connectivity index (χ1) is 8.24. The van der Waals surface area contributed by atoms with Crippen LogP contribution in [0.25, 0.3) is 0 Å². The Bertz CT molecular complexity index is 185. The summed E-state index contributed by atoms with van der Waals surface area (Å²) < 4.78 is 0. The molecule has 0 spiro atoms. The Hall–Kier alpha value is 0.270. The molecule has 3 heteroatoms. The molecule has 0 amide bonds. The minimum Gasteiger partial charge on any atom is -0.313 e. The molecule has 0 saturated heterocycles. The molecule has 1 fully saturated rings. The predicted molar refractivity (Wildman–Crippen MR) is 80.0 cm³/mol. The topological polar surface area (TPSA) is 15.3 Å². The maximum atomic E-state index is 3.71. The highest BCUT2D eigenvalue weighted by Gasteiger charge is 2.22. The molecule has 0 aromatic heterocycles. The van der Waals surface area contributed by atoms with E-state index in [2.05, 4.69) is 43.0 Å². The fraction of sp³-hybridized carbons (Fsp3) is 1.00. The quantitative estimate of drug-likeness (QED) is 0.788. The van der Waals surface area contributed by atoms with Crippen LogP contribution in [0.1, 0.15) is 45.4 Å². The summed E-state index contributed by atoms with van der Waals surface area (Å²) in [6.45, 7) is 4.57. The Morgan fingerprint density at radius 3 is 2.47 bits per heavy atom. The van der Waals surface area contributed by atoms with E-state index >= 15 is 0 Å². The van der Waals surface area contributed by atoms with Crippen molar-refractivity contribution in [3.63, 3.8) is 0 Å². The average molecular weight is 258 g/mol. The van der Waals surface area contributed by atoms with E-state index in [0.717, 1.165) is 17.8 Å². The van der Waals surface area contributed by atoms with Crippen molar-refractivity contribution in [3.8, 4) is 0 Å². The molecular formula is C14H30N2S. The van der Waals surface area contributed by atoms with Crippen LogP contribution < -0.4 is 5.32 Å². The summed E-state index contributed by atoms with van der Waals surface area (Å²) in [6, 6.07) is 0.757. The molecule has 102 valence electrons. The van der Waals surface area contributed by atoms with Crippen molar-refractivity contribution in [3.05, 3.63) is 0 Å². The maximum Gasteiger partial charge on any atom is 0.0201 e. The number of hydrogen-bond acceptors (Lipinski definition) is 3. The first-order valence-corrected chi connectivity index (χ1v) is 8.28. The van der Waals surface area contributed by atoms with Gasteiger partial charge in [0.25, 0.3) is 0 Å². The van der Waals surface area contributed by atoms with Crippen LogP contribution in [0, 0.1) is 0 Å². The van der Waals surface area contributed by atoms with E-state index < -0.39 is 0 Å². The van der Waals surface area contributed by atoms with Crippen molar-refractivity contribution in [2.24, 2.45) is 0 Å². The summed E-state index contributed by atoms with van der Waals surface area (Å²) >= 11 is 2.19. The van der Waals surface area contributed by atoms with Crippen molar-refractivity contribution in [2.45, 2.75) is 56.7 Å². The Labute approximate surface area is 112 Å². The SMILES string of the molecule is CCNC1CCCCCCC1SCCN(C)C. The number of nitrogens with one attached hydrogen (secondary N) is 1. The molecule has 0 aliphatic heterocycles. The largest absolute Gasteiger partial charge is 0.313 e. The van der Waals surface area contributed by atoms with Gasteiger partial charge in [-0.3, -0.25) is 0 Å². The second-order valence-electron chi connectivity index (χ2n) is 5.37. The highest BCUT2D eigenvalue weighted by molar-refractivity contribution is 8.00. The third-order valence-corrected chi connectivity index (χ3v) is 4.95. The van der Waals surface area contributed by atoms with E-state index in [1.54, 1.807) is 0 Å². The number of rotatable bonds is 6. The number of hydrogen-bond donors (Lipinski definition) is 1. The lowest BCUT2D eigenvalue weighted by molar-refractivity contribution is 0.404. The Balaban J connectivity index is 2.36. The van der Waals surface area contributed by atoms with Crippen LogP contribution in [-0.4, -0.2) is 49.1 Å². The Morgan fingerprint density at radius 2 is 1.82 bits per heavy atom. The summed E-state index contributed by atoms with van der Waals surface area (Å²) in [5.41, 5.74) is 0. The molecular weight excluding hydrogens is 228 g/mol. The predicted octanol–water partition coefficient (Wildman–Crippen LogP) is 2.98. The molecule has 2 unspecified atom stereocenters. The number of nitrogens with zero attached hydrogens (tertiary/aromatic N) is 1. The van der Waals surface area contributed by atoms with Gasteiger partial charge in [0.15, 0.2) is 0 Å². The number of thioether (sulfide) groups is 1. The summed E-state index contributed by atoms with van der Waals surface area (Å²) in [5, 5.41) is 4.55. The maximum absolute atomic E-state index is 3.71. The van der Waals surface area contributed by atoms with Crippen LogP contribution in [0.2, 0.25) is 0 Å². The molecule has 1 saturated carbocycles. The average Bonchev–Trinajstić information content (AvgIpc) is 2.26. The molecule has 0 heterocycles. The molecule has 0 bridgehead atoms. The molecule has 0 aromatic carbocycles. The zero-order valence-corrected chi connectivity index (χ0v) is 12.7. The Morgan fingerprint density at radius 1 is 1.12 bits per heavy atom. The van der Waals surface area contributed by atoms with Crippen LogP contribution in [0.3, 0.4) is 0 Å². The summed E-state index contributed by atoms with van der Waals surface area (Å²) in [7, 11) is 4.33. The second kappa shape index (κ2) is 9.23. The van der Waals surface area contributed by atoms with Crippen LogP contribution in [0.15, 0.2) is 0 Å².